The number of halogens is 4. The average Bonchev–Trinajstić information content (AvgIpc) is 2.77. The van der Waals surface area contributed by atoms with Crippen LogP contribution in [-0.2, 0) is 6.54 Å². The van der Waals surface area contributed by atoms with Gasteiger partial charge >= 0.3 is 6.36 Å². The third-order valence-corrected chi connectivity index (χ3v) is 6.99. The van der Waals surface area contributed by atoms with Gasteiger partial charge in [-0.2, -0.15) is 0 Å². The fraction of sp³-hybridized carbons (Fsp3) is 0.500. The van der Waals surface area contributed by atoms with Crippen molar-refractivity contribution in [3.63, 3.8) is 0 Å². The van der Waals surface area contributed by atoms with Crippen LogP contribution in [-0.4, -0.2) is 29.6 Å². The molecule has 2 aliphatic rings. The maximum Gasteiger partial charge on any atom is 0.573 e. The predicted octanol–water partition coefficient (Wildman–Crippen LogP) is 5.87. The summed E-state index contributed by atoms with van der Waals surface area (Å²) in [6.07, 6.45) is -1.38. The van der Waals surface area contributed by atoms with Crippen LogP contribution in [0.15, 0.2) is 51.9 Å². The molecule has 0 aromatic heterocycles. The van der Waals surface area contributed by atoms with Gasteiger partial charge in [0.2, 0.25) is 0 Å². The maximum absolute atomic E-state index is 12.8. The van der Waals surface area contributed by atoms with E-state index in [4.69, 9.17) is 10.7 Å². The molecule has 10 heteroatoms. The molecule has 1 heterocycles. The topological polar surface area (TPSA) is 83.7 Å². The van der Waals surface area contributed by atoms with E-state index in [-0.39, 0.29) is 29.8 Å². The summed E-state index contributed by atoms with van der Waals surface area (Å²) in [5.41, 5.74) is 9.11. The molecule has 1 aliphatic heterocycles. The molecule has 2 aromatic carbocycles. The first kappa shape index (κ1) is 26.8. The summed E-state index contributed by atoms with van der Waals surface area (Å²) < 4.78 is 43.2. The lowest BCUT2D eigenvalue weighted by atomic mass is 9.81. The van der Waals surface area contributed by atoms with E-state index in [1.807, 2.05) is 24.3 Å². The highest BCUT2D eigenvalue weighted by Crippen LogP contribution is 2.37. The highest BCUT2D eigenvalue weighted by Gasteiger charge is 2.41. The molecule has 0 radical (unpaired) electrons. The van der Waals surface area contributed by atoms with Gasteiger partial charge in [0.15, 0.2) is 5.79 Å². The van der Waals surface area contributed by atoms with Gasteiger partial charge in [-0.15, -0.1) is 13.2 Å². The normalized spacial score (nSPS) is 24.4. The second-order valence-electron chi connectivity index (χ2n) is 10.6. The van der Waals surface area contributed by atoms with Crippen LogP contribution in [0.4, 0.5) is 18.9 Å². The Kier molecular flexibility index (Phi) is 7.60. The lowest BCUT2D eigenvalue weighted by Gasteiger charge is -2.43. The Morgan fingerprint density at radius 2 is 1.81 bits per heavy atom. The Morgan fingerprint density at radius 3 is 2.47 bits per heavy atom. The predicted molar refractivity (Wildman–Crippen MR) is 140 cm³/mol. The van der Waals surface area contributed by atoms with Crippen LogP contribution in [0, 0.1) is 5.92 Å². The number of fused-ring (bicyclic) bond motifs is 1. The van der Waals surface area contributed by atoms with Crippen LogP contribution < -0.4 is 26.4 Å². The zero-order valence-electron chi connectivity index (χ0n) is 20.7. The molecular weight excluding hydrogens is 535 g/mol. The number of amidine groups is 1. The van der Waals surface area contributed by atoms with Crippen LogP contribution in [0.25, 0.3) is 0 Å². The quantitative estimate of drug-likeness (QED) is 0.363. The number of nitrogens with two attached hydrogens (primary N) is 1. The molecule has 196 valence electrons. The van der Waals surface area contributed by atoms with Crippen molar-refractivity contribution < 1.29 is 17.9 Å². The van der Waals surface area contributed by atoms with Gasteiger partial charge in [0.1, 0.15) is 11.6 Å². The summed E-state index contributed by atoms with van der Waals surface area (Å²) >= 11 is 3.21. The van der Waals surface area contributed by atoms with Gasteiger partial charge in [-0.25, -0.2) is 4.99 Å². The number of hydrogen-bond donors (Lipinski definition) is 4. The van der Waals surface area contributed by atoms with Gasteiger partial charge in [0.25, 0.3) is 0 Å². The minimum absolute atomic E-state index is 0.109. The standard InChI is InChI=1S/C26H33BrF3N5O/c1-24(2,3)34-23-20-6-4-5-7-21(20)33-25(31,35-23)17-9-12-19(13-10-17)32-15-16-8-11-18(27)14-22(16)36-26(28,29)30/h4-8,11,14,17,19,32-33H,9-10,12-13,15,31H2,1-3H3,(H,34,35). The Labute approximate surface area is 218 Å². The van der Waals surface area contributed by atoms with Crippen molar-refractivity contribution in [1.29, 1.82) is 0 Å². The fourth-order valence-corrected chi connectivity index (χ4v) is 5.16. The van der Waals surface area contributed by atoms with Gasteiger partial charge in [-0.3, -0.25) is 5.73 Å². The Bertz CT molecular complexity index is 1110. The first-order chi connectivity index (χ1) is 16.8. The Balaban J connectivity index is 1.41. The highest BCUT2D eigenvalue weighted by atomic mass is 79.9. The second-order valence-corrected chi connectivity index (χ2v) is 11.5. The van der Waals surface area contributed by atoms with Crippen LogP contribution in [0.2, 0.25) is 0 Å². The molecule has 36 heavy (non-hydrogen) atoms. The number of nitrogens with one attached hydrogen (secondary N) is 3. The van der Waals surface area contributed by atoms with Crippen molar-refractivity contribution in [3.8, 4) is 5.75 Å². The first-order valence-electron chi connectivity index (χ1n) is 12.1. The number of alkyl halides is 3. The van der Waals surface area contributed by atoms with Crippen LogP contribution >= 0.6 is 15.9 Å². The minimum atomic E-state index is -4.74. The minimum Gasteiger partial charge on any atom is -0.405 e. The molecule has 0 bridgehead atoms. The zero-order valence-corrected chi connectivity index (χ0v) is 22.3. The molecular formula is C26H33BrF3N5O. The average molecular weight is 568 g/mol. The number of benzene rings is 2. The van der Waals surface area contributed by atoms with Gasteiger partial charge < -0.3 is 20.7 Å². The molecule has 0 amide bonds. The summed E-state index contributed by atoms with van der Waals surface area (Å²) in [4.78, 5) is 4.96. The molecule has 1 saturated carbocycles. The van der Waals surface area contributed by atoms with Gasteiger partial charge in [-0.05, 0) is 70.7 Å². The van der Waals surface area contributed by atoms with E-state index in [1.54, 1.807) is 12.1 Å². The van der Waals surface area contributed by atoms with Gasteiger partial charge in [0, 0.05) is 45.3 Å². The molecule has 6 nitrogen and oxygen atoms in total. The number of para-hydroxylation sites is 1. The van der Waals surface area contributed by atoms with E-state index in [0.29, 0.717) is 10.0 Å². The number of rotatable bonds is 5. The van der Waals surface area contributed by atoms with Crippen molar-refractivity contribution >= 4 is 27.5 Å². The Hall–Kier alpha value is -2.30. The summed E-state index contributed by atoms with van der Waals surface area (Å²) in [5.74, 6) is -0.242. The third-order valence-electron chi connectivity index (χ3n) is 6.49. The summed E-state index contributed by atoms with van der Waals surface area (Å²) in [6.45, 7) is 6.55. The lowest BCUT2D eigenvalue weighted by molar-refractivity contribution is -0.274. The number of anilines is 1. The van der Waals surface area contributed by atoms with Crippen LogP contribution in [0.1, 0.15) is 57.6 Å². The van der Waals surface area contributed by atoms with Crippen LogP contribution in [0.3, 0.4) is 0 Å². The van der Waals surface area contributed by atoms with Gasteiger partial charge in [-0.1, -0.05) is 34.1 Å². The maximum atomic E-state index is 12.8. The number of hydrogen-bond acceptors (Lipinski definition) is 6. The third kappa shape index (κ3) is 6.72. The molecule has 1 atom stereocenters. The Morgan fingerprint density at radius 1 is 1.11 bits per heavy atom. The van der Waals surface area contributed by atoms with Crippen molar-refractivity contribution in [2.24, 2.45) is 16.6 Å². The van der Waals surface area contributed by atoms with Crippen molar-refractivity contribution in [2.75, 3.05) is 5.32 Å². The molecule has 4 rings (SSSR count). The first-order valence-corrected chi connectivity index (χ1v) is 12.9. The van der Waals surface area contributed by atoms with Crippen molar-refractivity contribution in [2.45, 2.75) is 76.7 Å². The second kappa shape index (κ2) is 10.2. The van der Waals surface area contributed by atoms with Crippen molar-refractivity contribution in [1.82, 2.24) is 10.6 Å². The van der Waals surface area contributed by atoms with E-state index >= 15 is 0 Å². The molecule has 0 saturated heterocycles. The summed E-state index contributed by atoms with van der Waals surface area (Å²) in [7, 11) is 0. The monoisotopic (exact) mass is 567 g/mol. The van der Waals surface area contributed by atoms with Crippen LogP contribution in [0.5, 0.6) is 5.75 Å². The van der Waals surface area contributed by atoms with E-state index in [9.17, 15) is 13.2 Å². The van der Waals surface area contributed by atoms with Gasteiger partial charge in [0.05, 0.1) is 0 Å². The largest absolute Gasteiger partial charge is 0.573 e. The molecule has 2 aromatic rings. The van der Waals surface area contributed by atoms with E-state index < -0.39 is 12.1 Å². The number of aliphatic imine (C=N–C) groups is 1. The molecule has 1 fully saturated rings. The molecule has 1 aliphatic carbocycles. The zero-order chi connectivity index (χ0) is 26.1. The summed E-state index contributed by atoms with van der Waals surface area (Å²) in [5, 5.41) is 10.4. The molecule has 0 spiro atoms. The molecule has 5 N–H and O–H groups in total. The number of nitrogens with zero attached hydrogens (tertiary/aromatic N) is 1. The number of ether oxygens (including phenoxy) is 1. The fourth-order valence-electron chi connectivity index (χ4n) is 4.82. The van der Waals surface area contributed by atoms with E-state index in [1.165, 1.54) is 6.07 Å². The van der Waals surface area contributed by atoms with E-state index in [2.05, 4.69) is 57.4 Å². The lowest BCUT2D eigenvalue weighted by Crippen LogP contribution is -2.58. The van der Waals surface area contributed by atoms with Crippen molar-refractivity contribution in [3.05, 3.63) is 58.1 Å². The highest BCUT2D eigenvalue weighted by molar-refractivity contribution is 9.10. The SMILES string of the molecule is CC(C)(C)NC1=NC(N)(C2CCC(NCc3ccc(Br)cc3OC(F)(F)F)CC2)Nc2ccccc21. The smallest absolute Gasteiger partial charge is 0.405 e. The van der Waals surface area contributed by atoms with E-state index in [0.717, 1.165) is 42.8 Å². The molecule has 1 unspecified atom stereocenters. The summed E-state index contributed by atoms with van der Waals surface area (Å²) in [6, 6.07) is 12.9.